The van der Waals surface area contributed by atoms with Crippen molar-refractivity contribution in [2.24, 2.45) is 0 Å². The first-order chi connectivity index (χ1) is 11.1. The largest absolute Gasteiger partial charge is 0.394 e. The summed E-state index contributed by atoms with van der Waals surface area (Å²) >= 11 is 0. The third kappa shape index (κ3) is 2.54. The topological polar surface area (TPSA) is 138 Å². The molecule has 1 aliphatic heterocycles. The Labute approximate surface area is 131 Å². The normalized spacial score (nSPS) is 31.6. The Morgan fingerprint density at radius 2 is 2.09 bits per heavy atom. The van der Waals surface area contributed by atoms with E-state index in [2.05, 4.69) is 15.0 Å². The molecule has 0 amide bonds. The summed E-state index contributed by atoms with van der Waals surface area (Å²) in [4.78, 5) is 12.3. The van der Waals surface area contributed by atoms with Crippen LogP contribution in [0.4, 0.5) is 5.82 Å². The average Bonchev–Trinajstić information content (AvgIpc) is 2.99. The smallest absolute Gasteiger partial charge is 0.181 e. The Kier molecular flexibility index (Phi) is 4.41. The van der Waals surface area contributed by atoms with Gasteiger partial charge in [-0.15, -0.1) is 0 Å². The van der Waals surface area contributed by atoms with Gasteiger partial charge in [-0.3, -0.25) is 0 Å². The minimum atomic E-state index is -1.04. The molecule has 0 spiro atoms. The summed E-state index contributed by atoms with van der Waals surface area (Å²) in [6.07, 6.45) is -0.466. The van der Waals surface area contributed by atoms with Crippen LogP contribution in [0.15, 0.2) is 12.7 Å². The van der Waals surface area contributed by atoms with Crippen molar-refractivity contribution in [3.8, 4) is 0 Å². The van der Waals surface area contributed by atoms with Crippen LogP contribution >= 0.6 is 0 Å². The van der Waals surface area contributed by atoms with Gasteiger partial charge < -0.3 is 34.7 Å². The molecule has 3 rings (SSSR count). The predicted molar refractivity (Wildman–Crippen MR) is 78.3 cm³/mol. The second kappa shape index (κ2) is 6.34. The van der Waals surface area contributed by atoms with E-state index < -0.39 is 30.6 Å². The number of rotatable bonds is 4. The monoisotopic (exact) mass is 325 g/mol. The highest BCUT2D eigenvalue weighted by atomic mass is 16.7. The lowest BCUT2D eigenvalue weighted by atomic mass is 9.96. The van der Waals surface area contributed by atoms with Crippen LogP contribution in [0.25, 0.3) is 11.2 Å². The van der Waals surface area contributed by atoms with Gasteiger partial charge in [0.1, 0.15) is 36.2 Å². The molecular weight excluding hydrogens is 306 g/mol. The van der Waals surface area contributed by atoms with E-state index in [-0.39, 0.29) is 12.4 Å². The fraction of sp³-hybridized carbons (Fsp3) is 0.615. The third-order valence-electron chi connectivity index (χ3n) is 4.03. The van der Waals surface area contributed by atoms with Gasteiger partial charge in [0.25, 0.3) is 0 Å². The molecule has 4 N–H and O–H groups in total. The summed E-state index contributed by atoms with van der Waals surface area (Å²) in [5.41, 5.74) is 6.72. The van der Waals surface area contributed by atoms with Crippen LogP contribution in [-0.2, 0) is 14.2 Å². The van der Waals surface area contributed by atoms with Crippen molar-refractivity contribution in [2.45, 2.75) is 30.6 Å². The van der Waals surface area contributed by atoms with E-state index in [1.807, 2.05) is 0 Å². The van der Waals surface area contributed by atoms with E-state index in [1.165, 1.54) is 26.9 Å². The number of nitrogen functional groups attached to an aromatic ring is 1. The Balaban J connectivity index is 2.08. The summed E-state index contributed by atoms with van der Waals surface area (Å²) in [6, 6.07) is -0.568. The van der Waals surface area contributed by atoms with Crippen LogP contribution in [0.2, 0.25) is 0 Å². The van der Waals surface area contributed by atoms with Crippen LogP contribution < -0.4 is 5.73 Å². The summed E-state index contributed by atoms with van der Waals surface area (Å²) < 4.78 is 18.1. The van der Waals surface area contributed by atoms with Crippen LogP contribution in [0.1, 0.15) is 6.04 Å². The first kappa shape index (κ1) is 16.0. The third-order valence-corrected chi connectivity index (χ3v) is 4.03. The maximum Gasteiger partial charge on any atom is 0.181 e. The molecule has 10 heteroatoms. The van der Waals surface area contributed by atoms with E-state index in [1.54, 1.807) is 4.57 Å². The van der Waals surface area contributed by atoms with Gasteiger partial charge in [0.05, 0.1) is 12.9 Å². The molecule has 3 heterocycles. The molecule has 5 atom stereocenters. The Hall–Kier alpha value is -1.85. The number of imidazole rings is 1. The molecule has 0 aliphatic carbocycles. The molecule has 1 unspecified atom stereocenters. The maximum atomic E-state index is 10.4. The van der Waals surface area contributed by atoms with Crippen molar-refractivity contribution >= 4 is 17.0 Å². The Morgan fingerprint density at radius 3 is 2.74 bits per heavy atom. The van der Waals surface area contributed by atoms with E-state index in [4.69, 9.17) is 19.9 Å². The van der Waals surface area contributed by atoms with Crippen LogP contribution in [-0.4, -0.2) is 75.2 Å². The lowest BCUT2D eigenvalue weighted by Crippen LogP contribution is -2.57. The van der Waals surface area contributed by atoms with Gasteiger partial charge in [-0.2, -0.15) is 0 Å². The fourth-order valence-corrected chi connectivity index (χ4v) is 2.90. The molecule has 1 fully saturated rings. The second-order valence-electron chi connectivity index (χ2n) is 5.23. The zero-order chi connectivity index (χ0) is 16.6. The van der Waals surface area contributed by atoms with Crippen molar-refractivity contribution in [2.75, 3.05) is 26.6 Å². The number of anilines is 1. The highest BCUT2D eigenvalue weighted by Crippen LogP contribution is 2.34. The minimum Gasteiger partial charge on any atom is -0.394 e. The van der Waals surface area contributed by atoms with Gasteiger partial charge in [0.2, 0.25) is 0 Å². The van der Waals surface area contributed by atoms with Crippen molar-refractivity contribution in [1.29, 1.82) is 0 Å². The SMILES string of the molecule is COC1O[C@H](CO)[C@@H](O)[C@@H](OC)[C@@H]1n1cnc2c(N)ncnc21. The number of aliphatic hydroxyl groups excluding tert-OH is 2. The quantitative estimate of drug-likeness (QED) is 0.625. The molecule has 126 valence electrons. The zero-order valence-corrected chi connectivity index (χ0v) is 12.7. The number of nitrogens with zero attached hydrogens (tertiary/aromatic N) is 4. The number of nitrogens with two attached hydrogens (primary N) is 1. The lowest BCUT2D eigenvalue weighted by molar-refractivity contribution is -0.276. The van der Waals surface area contributed by atoms with Gasteiger partial charge in [0, 0.05) is 14.2 Å². The van der Waals surface area contributed by atoms with Gasteiger partial charge in [-0.1, -0.05) is 0 Å². The molecule has 10 nitrogen and oxygen atoms in total. The van der Waals surface area contributed by atoms with Gasteiger partial charge in [-0.05, 0) is 0 Å². The summed E-state index contributed by atoms with van der Waals surface area (Å²) in [5.74, 6) is 0.252. The van der Waals surface area contributed by atoms with Crippen molar-refractivity contribution < 1.29 is 24.4 Å². The highest BCUT2D eigenvalue weighted by Gasteiger charge is 2.47. The number of hydrogen-bond acceptors (Lipinski definition) is 9. The van der Waals surface area contributed by atoms with E-state index in [9.17, 15) is 10.2 Å². The van der Waals surface area contributed by atoms with Gasteiger partial charge in [0.15, 0.2) is 17.8 Å². The second-order valence-corrected chi connectivity index (χ2v) is 5.23. The van der Waals surface area contributed by atoms with Crippen LogP contribution in [0, 0.1) is 0 Å². The molecule has 1 aliphatic rings. The van der Waals surface area contributed by atoms with Gasteiger partial charge in [-0.25, -0.2) is 15.0 Å². The van der Waals surface area contributed by atoms with E-state index in [0.29, 0.717) is 11.2 Å². The van der Waals surface area contributed by atoms with E-state index >= 15 is 0 Å². The van der Waals surface area contributed by atoms with Crippen molar-refractivity contribution in [3.63, 3.8) is 0 Å². The fourth-order valence-electron chi connectivity index (χ4n) is 2.90. The number of aliphatic hydroxyl groups is 2. The molecule has 23 heavy (non-hydrogen) atoms. The minimum absolute atomic E-state index is 0.252. The summed E-state index contributed by atoms with van der Waals surface area (Å²) in [5, 5.41) is 19.7. The van der Waals surface area contributed by atoms with Crippen LogP contribution in [0.3, 0.4) is 0 Å². The molecule has 1 saturated heterocycles. The summed E-state index contributed by atoms with van der Waals surface area (Å²) in [7, 11) is 2.94. The van der Waals surface area contributed by atoms with Crippen molar-refractivity contribution in [3.05, 3.63) is 12.7 Å². The molecule has 0 aromatic carbocycles. The first-order valence-electron chi connectivity index (χ1n) is 7.05. The first-order valence-corrected chi connectivity index (χ1v) is 7.05. The zero-order valence-electron chi connectivity index (χ0n) is 12.7. The predicted octanol–water partition coefficient (Wildman–Crippen LogP) is -1.31. The Bertz CT molecular complexity index is 680. The molecular formula is C13H19N5O5. The summed E-state index contributed by atoms with van der Waals surface area (Å²) in [6.45, 7) is -0.354. The molecule has 0 bridgehead atoms. The maximum absolute atomic E-state index is 10.4. The Morgan fingerprint density at radius 1 is 1.30 bits per heavy atom. The van der Waals surface area contributed by atoms with E-state index in [0.717, 1.165) is 0 Å². The molecule has 2 aromatic heterocycles. The number of hydrogen-bond donors (Lipinski definition) is 3. The average molecular weight is 325 g/mol. The van der Waals surface area contributed by atoms with Crippen LogP contribution in [0.5, 0.6) is 0 Å². The standard InChI is InChI=1S/C13H19N5O5/c1-21-10-8(13(22-2)23-6(3-19)9(10)20)18-5-17-7-11(14)15-4-16-12(7)18/h4-6,8-10,13,19-20H,3H2,1-2H3,(H2,14,15,16)/t6-,8+,9-,10+,13?/m1/s1. The number of methoxy groups -OCH3 is 2. The highest BCUT2D eigenvalue weighted by molar-refractivity contribution is 5.81. The molecule has 2 aromatic rings. The number of aromatic nitrogens is 4. The van der Waals surface area contributed by atoms with Gasteiger partial charge >= 0.3 is 0 Å². The number of ether oxygens (including phenoxy) is 3. The molecule has 0 saturated carbocycles. The van der Waals surface area contributed by atoms with Crippen molar-refractivity contribution in [1.82, 2.24) is 19.5 Å². The lowest BCUT2D eigenvalue weighted by Gasteiger charge is -2.43. The number of fused-ring (bicyclic) bond motifs is 1. The molecule has 0 radical (unpaired) electrons.